The van der Waals surface area contributed by atoms with Gasteiger partial charge in [-0.1, -0.05) is 25.2 Å². The topological polar surface area (TPSA) is 99.4 Å². The Morgan fingerprint density at radius 1 is 1.12 bits per heavy atom. The van der Waals surface area contributed by atoms with Gasteiger partial charge in [-0.2, -0.15) is 0 Å². The number of imidazole rings is 1. The number of nitrogens with one attached hydrogen (secondary N) is 1. The zero-order valence-corrected chi connectivity index (χ0v) is 19.8. The molecule has 2 aliphatic rings. The normalized spacial score (nSPS) is 22.7. The molecule has 1 unspecified atom stereocenters. The van der Waals surface area contributed by atoms with Crippen LogP contribution < -0.4 is 11.0 Å². The van der Waals surface area contributed by atoms with E-state index in [0.29, 0.717) is 24.1 Å². The number of imide groups is 1. The summed E-state index contributed by atoms with van der Waals surface area (Å²) in [7, 11) is 1.67. The molecule has 1 saturated heterocycles. The molecule has 2 fully saturated rings. The highest BCUT2D eigenvalue weighted by atomic mass is 16.5. The van der Waals surface area contributed by atoms with Gasteiger partial charge in [0, 0.05) is 24.9 Å². The van der Waals surface area contributed by atoms with E-state index in [1.807, 2.05) is 18.2 Å². The zero-order chi connectivity index (χ0) is 24.2. The number of carbonyl (C=O) groups is 3. The van der Waals surface area contributed by atoms with Crippen molar-refractivity contribution in [1.29, 1.82) is 0 Å². The first kappa shape index (κ1) is 23.8. The first-order valence-corrected chi connectivity index (χ1v) is 12.1. The number of carbonyl (C=O) groups excluding carboxylic acids is 3. The molecule has 1 aromatic carbocycles. The van der Waals surface area contributed by atoms with Crippen molar-refractivity contribution in [3.05, 3.63) is 34.2 Å². The first-order valence-electron chi connectivity index (χ1n) is 12.1. The van der Waals surface area contributed by atoms with Crippen LogP contribution in [0, 0.1) is 23.7 Å². The van der Waals surface area contributed by atoms with E-state index in [4.69, 9.17) is 4.74 Å². The van der Waals surface area contributed by atoms with E-state index < -0.39 is 11.9 Å². The van der Waals surface area contributed by atoms with Gasteiger partial charge in [-0.25, -0.2) is 4.79 Å². The Morgan fingerprint density at radius 2 is 1.88 bits per heavy atom. The molecule has 1 atom stereocenters. The molecular weight excluding hydrogens is 434 g/mol. The third kappa shape index (κ3) is 4.93. The maximum atomic E-state index is 12.9. The number of ether oxygens (including phenoxy) is 1. The molecule has 4 rings (SSSR count). The van der Waals surface area contributed by atoms with Crippen molar-refractivity contribution in [1.82, 2.24) is 14.5 Å². The van der Waals surface area contributed by atoms with Crippen molar-refractivity contribution in [2.24, 2.45) is 18.9 Å². The lowest BCUT2D eigenvalue weighted by Gasteiger charge is -2.24. The Morgan fingerprint density at radius 3 is 2.59 bits per heavy atom. The van der Waals surface area contributed by atoms with Crippen LogP contribution in [-0.4, -0.2) is 33.5 Å². The van der Waals surface area contributed by atoms with Crippen LogP contribution >= 0.6 is 0 Å². The van der Waals surface area contributed by atoms with Gasteiger partial charge < -0.3 is 4.74 Å². The molecule has 0 spiro atoms. The van der Waals surface area contributed by atoms with Gasteiger partial charge in [-0.15, -0.1) is 0 Å². The molecule has 1 aromatic heterocycles. The molecule has 1 saturated carbocycles. The van der Waals surface area contributed by atoms with E-state index in [0.717, 1.165) is 44.1 Å². The standard InChI is InChI=1S/C26H31N3O5/c1-3-4-15-34-25(32)19-10-7-17(8-11-19)5-6-18-9-12-20-22(16-18)28(2)26(33)29(20)21-13-14-23(30)27-24(21)31/h9,12,16-17,19,21H,3-4,7-8,10-11,13-15H2,1-2H3,(H,27,30,31)/t17-,19-,21?. The Hall–Kier alpha value is -3.34. The molecule has 34 heavy (non-hydrogen) atoms. The minimum atomic E-state index is -0.699. The second-order valence-electron chi connectivity index (χ2n) is 9.22. The van der Waals surface area contributed by atoms with Crippen LogP contribution in [0.15, 0.2) is 23.0 Å². The third-order valence-electron chi connectivity index (χ3n) is 6.83. The number of piperidine rings is 1. The number of aromatic nitrogens is 2. The minimum Gasteiger partial charge on any atom is -0.465 e. The summed E-state index contributed by atoms with van der Waals surface area (Å²) in [5.41, 5.74) is 1.85. The van der Waals surface area contributed by atoms with Gasteiger partial charge in [-0.05, 0) is 56.7 Å². The van der Waals surface area contributed by atoms with Crippen molar-refractivity contribution in [2.45, 2.75) is 64.3 Å². The highest BCUT2D eigenvalue weighted by Gasteiger charge is 2.31. The van der Waals surface area contributed by atoms with Crippen LogP contribution in [0.25, 0.3) is 11.0 Å². The zero-order valence-electron chi connectivity index (χ0n) is 19.8. The van der Waals surface area contributed by atoms with Crippen molar-refractivity contribution < 1.29 is 19.1 Å². The molecule has 1 aliphatic heterocycles. The van der Waals surface area contributed by atoms with E-state index in [1.54, 1.807) is 7.05 Å². The summed E-state index contributed by atoms with van der Waals surface area (Å²) >= 11 is 0. The van der Waals surface area contributed by atoms with Crippen LogP contribution in [0.1, 0.15) is 69.9 Å². The van der Waals surface area contributed by atoms with Gasteiger partial charge >= 0.3 is 11.7 Å². The fourth-order valence-corrected chi connectivity index (χ4v) is 4.76. The lowest BCUT2D eigenvalue weighted by molar-refractivity contribution is -0.150. The number of fused-ring (bicyclic) bond motifs is 1. The van der Waals surface area contributed by atoms with E-state index in [-0.39, 0.29) is 35.8 Å². The maximum Gasteiger partial charge on any atom is 0.329 e. The molecule has 0 radical (unpaired) electrons. The number of nitrogens with zero attached hydrogens (tertiary/aromatic N) is 2. The summed E-state index contributed by atoms with van der Waals surface area (Å²) in [6, 6.07) is 4.83. The molecule has 1 aliphatic carbocycles. The molecule has 180 valence electrons. The van der Waals surface area contributed by atoms with Crippen molar-refractivity contribution in [3.63, 3.8) is 0 Å². The second kappa shape index (κ2) is 10.3. The molecule has 2 heterocycles. The Bertz CT molecular complexity index is 1220. The smallest absolute Gasteiger partial charge is 0.329 e. The average molecular weight is 466 g/mol. The number of benzene rings is 1. The summed E-state index contributed by atoms with van der Waals surface area (Å²) in [4.78, 5) is 48.9. The van der Waals surface area contributed by atoms with Crippen LogP contribution in [0.2, 0.25) is 0 Å². The summed E-state index contributed by atoms with van der Waals surface area (Å²) in [6.45, 7) is 2.58. The molecule has 2 aromatic rings. The van der Waals surface area contributed by atoms with Gasteiger partial charge in [0.2, 0.25) is 11.8 Å². The monoisotopic (exact) mass is 465 g/mol. The predicted octanol–water partition coefficient (Wildman–Crippen LogP) is 2.82. The second-order valence-corrected chi connectivity index (χ2v) is 9.22. The SMILES string of the molecule is CCCCOC(=O)[C@H]1CC[C@H](C#Cc2ccc3c(c2)n(C)c(=O)n3C2CCC(=O)NC2=O)CC1. The number of rotatable bonds is 5. The van der Waals surface area contributed by atoms with Crippen LogP contribution in [0.3, 0.4) is 0 Å². The third-order valence-corrected chi connectivity index (χ3v) is 6.83. The molecule has 2 amide bonds. The van der Waals surface area contributed by atoms with E-state index in [2.05, 4.69) is 24.1 Å². The van der Waals surface area contributed by atoms with Crippen molar-refractivity contribution in [3.8, 4) is 11.8 Å². The lowest BCUT2D eigenvalue weighted by atomic mass is 9.82. The van der Waals surface area contributed by atoms with Crippen LogP contribution in [0.4, 0.5) is 0 Å². The molecule has 8 heteroatoms. The van der Waals surface area contributed by atoms with E-state index in [9.17, 15) is 19.2 Å². The van der Waals surface area contributed by atoms with E-state index >= 15 is 0 Å². The highest BCUT2D eigenvalue weighted by Crippen LogP contribution is 2.29. The van der Waals surface area contributed by atoms with Gasteiger partial charge in [0.15, 0.2) is 0 Å². The number of hydrogen-bond donors (Lipinski definition) is 1. The Balaban J connectivity index is 1.46. The largest absolute Gasteiger partial charge is 0.465 e. The van der Waals surface area contributed by atoms with Gasteiger partial charge in [-0.3, -0.25) is 28.8 Å². The molecule has 1 N–H and O–H groups in total. The van der Waals surface area contributed by atoms with Crippen LogP contribution in [-0.2, 0) is 26.2 Å². The number of esters is 1. The summed E-state index contributed by atoms with van der Waals surface area (Å²) in [5, 5.41) is 2.32. The Labute approximate surface area is 198 Å². The summed E-state index contributed by atoms with van der Waals surface area (Å²) < 4.78 is 8.34. The van der Waals surface area contributed by atoms with Crippen molar-refractivity contribution >= 4 is 28.8 Å². The number of unbranched alkanes of at least 4 members (excludes halogenated alkanes) is 1. The van der Waals surface area contributed by atoms with Gasteiger partial charge in [0.1, 0.15) is 6.04 Å². The predicted molar refractivity (Wildman–Crippen MR) is 127 cm³/mol. The number of amides is 2. The van der Waals surface area contributed by atoms with Gasteiger partial charge in [0.25, 0.3) is 0 Å². The molecule has 8 nitrogen and oxygen atoms in total. The number of hydrogen-bond acceptors (Lipinski definition) is 5. The van der Waals surface area contributed by atoms with Crippen molar-refractivity contribution in [2.75, 3.05) is 6.61 Å². The molecule has 0 bridgehead atoms. The summed E-state index contributed by atoms with van der Waals surface area (Å²) in [5.74, 6) is 5.94. The minimum absolute atomic E-state index is 0.0205. The van der Waals surface area contributed by atoms with Gasteiger partial charge in [0.05, 0.1) is 23.6 Å². The maximum absolute atomic E-state index is 12.9. The molecular formula is C26H31N3O5. The lowest BCUT2D eigenvalue weighted by Crippen LogP contribution is -2.44. The van der Waals surface area contributed by atoms with Crippen LogP contribution in [0.5, 0.6) is 0 Å². The fourth-order valence-electron chi connectivity index (χ4n) is 4.76. The quantitative estimate of drug-likeness (QED) is 0.317. The first-order chi connectivity index (χ1) is 16.4. The average Bonchev–Trinajstić information content (AvgIpc) is 3.08. The summed E-state index contributed by atoms with van der Waals surface area (Å²) in [6.07, 6.45) is 5.76. The Kier molecular flexibility index (Phi) is 7.20. The highest BCUT2D eigenvalue weighted by molar-refractivity contribution is 6.00. The fraction of sp³-hybridized carbons (Fsp3) is 0.538. The van der Waals surface area contributed by atoms with E-state index in [1.165, 1.54) is 9.13 Å². The number of aryl methyl sites for hydroxylation is 1.